The molecular formula is C17H13N3O2. The number of benzene rings is 2. The summed E-state index contributed by atoms with van der Waals surface area (Å²) in [5.74, 6) is -0.0400. The maximum atomic E-state index is 11.6. The summed E-state index contributed by atoms with van der Waals surface area (Å²) in [5.41, 5.74) is 4.14. The van der Waals surface area contributed by atoms with Crippen molar-refractivity contribution in [1.82, 2.24) is 5.32 Å². The molecule has 4 rings (SSSR count). The first-order chi connectivity index (χ1) is 10.8. The minimum absolute atomic E-state index is 0.128. The van der Waals surface area contributed by atoms with Crippen molar-refractivity contribution < 1.29 is 9.53 Å². The van der Waals surface area contributed by atoms with Gasteiger partial charge in [-0.05, 0) is 12.1 Å². The molecule has 0 amide bonds. The van der Waals surface area contributed by atoms with Crippen molar-refractivity contribution in [1.29, 1.82) is 0 Å². The van der Waals surface area contributed by atoms with Crippen LogP contribution in [0.2, 0.25) is 0 Å². The third-order valence-electron chi connectivity index (χ3n) is 3.53. The molecule has 0 aromatic heterocycles. The Morgan fingerprint density at radius 1 is 0.955 bits per heavy atom. The van der Waals surface area contributed by atoms with E-state index >= 15 is 0 Å². The molecule has 2 aromatic rings. The molecule has 0 atom stereocenters. The van der Waals surface area contributed by atoms with E-state index < -0.39 is 0 Å². The largest absolute Gasteiger partial charge is 0.404 e. The number of rotatable bonds is 1. The molecule has 22 heavy (non-hydrogen) atoms. The van der Waals surface area contributed by atoms with E-state index in [1.165, 1.54) is 0 Å². The van der Waals surface area contributed by atoms with E-state index in [0.717, 1.165) is 22.6 Å². The van der Waals surface area contributed by atoms with Crippen molar-refractivity contribution in [3.05, 3.63) is 65.9 Å². The molecule has 1 fully saturated rings. The first-order valence-electron chi connectivity index (χ1n) is 7.00. The van der Waals surface area contributed by atoms with E-state index in [-0.39, 0.29) is 12.5 Å². The Hall–Kier alpha value is -3.08. The predicted octanol–water partition coefficient (Wildman–Crippen LogP) is 2.66. The van der Waals surface area contributed by atoms with Crippen LogP contribution in [0.3, 0.4) is 0 Å². The Morgan fingerprint density at radius 3 is 2.59 bits per heavy atom. The zero-order chi connectivity index (χ0) is 14.9. The lowest BCUT2D eigenvalue weighted by Crippen LogP contribution is -2.38. The fourth-order valence-electron chi connectivity index (χ4n) is 2.51. The van der Waals surface area contributed by atoms with Gasteiger partial charge in [0.2, 0.25) is 5.90 Å². The third-order valence-corrected chi connectivity index (χ3v) is 3.53. The maximum absolute atomic E-state index is 11.6. The number of esters is 1. The number of fused-ring (bicyclic) bond motifs is 2. The van der Waals surface area contributed by atoms with Gasteiger partial charge in [0, 0.05) is 5.56 Å². The number of nitrogens with one attached hydrogen (secondary N) is 2. The topological polar surface area (TPSA) is 62.7 Å². The molecule has 0 unspecified atom stereocenters. The fourth-order valence-corrected chi connectivity index (χ4v) is 2.51. The Labute approximate surface area is 127 Å². The number of carbonyl (C=O) groups is 1. The first-order valence-corrected chi connectivity index (χ1v) is 7.00. The number of ether oxygens (including phenoxy) is 1. The molecule has 2 N–H and O–H groups in total. The van der Waals surface area contributed by atoms with Crippen LogP contribution in [-0.2, 0) is 9.53 Å². The summed E-state index contributed by atoms with van der Waals surface area (Å²) < 4.78 is 5.33. The summed E-state index contributed by atoms with van der Waals surface area (Å²) in [5, 5.41) is 6.51. The molecule has 1 saturated heterocycles. The first kappa shape index (κ1) is 12.6. The summed E-state index contributed by atoms with van der Waals surface area (Å²) in [6, 6.07) is 17.6. The zero-order valence-corrected chi connectivity index (χ0v) is 11.7. The van der Waals surface area contributed by atoms with Gasteiger partial charge in [0.25, 0.3) is 0 Å². The normalized spacial score (nSPS) is 16.4. The van der Waals surface area contributed by atoms with Gasteiger partial charge < -0.3 is 15.4 Å². The molecule has 0 spiro atoms. The number of anilines is 1. The summed E-state index contributed by atoms with van der Waals surface area (Å²) >= 11 is 0. The minimum Gasteiger partial charge on any atom is -0.404 e. The van der Waals surface area contributed by atoms with E-state index in [4.69, 9.17) is 4.74 Å². The van der Waals surface area contributed by atoms with Gasteiger partial charge in [-0.25, -0.2) is 9.79 Å². The highest BCUT2D eigenvalue weighted by atomic mass is 16.5. The number of nitrogens with zero attached hydrogens (tertiary/aromatic N) is 1. The van der Waals surface area contributed by atoms with Gasteiger partial charge in [0.1, 0.15) is 12.2 Å². The van der Waals surface area contributed by atoms with E-state index in [2.05, 4.69) is 15.6 Å². The number of morpholine rings is 1. The van der Waals surface area contributed by atoms with Crippen LogP contribution in [0.25, 0.3) is 5.70 Å². The maximum Gasteiger partial charge on any atom is 0.332 e. The van der Waals surface area contributed by atoms with Crippen LogP contribution in [0.4, 0.5) is 11.4 Å². The lowest BCUT2D eigenvalue weighted by Gasteiger charge is -2.21. The summed E-state index contributed by atoms with van der Waals surface area (Å²) in [6.07, 6.45) is 0. The molecule has 2 aromatic carbocycles. The van der Waals surface area contributed by atoms with Crippen LogP contribution < -0.4 is 10.6 Å². The zero-order valence-electron chi connectivity index (χ0n) is 11.7. The Morgan fingerprint density at radius 2 is 1.73 bits per heavy atom. The summed E-state index contributed by atoms with van der Waals surface area (Å²) in [7, 11) is 0. The van der Waals surface area contributed by atoms with Gasteiger partial charge in [-0.15, -0.1) is 0 Å². The van der Waals surface area contributed by atoms with Crippen molar-refractivity contribution >= 4 is 28.9 Å². The van der Waals surface area contributed by atoms with E-state index in [0.29, 0.717) is 11.6 Å². The second kappa shape index (κ2) is 5.04. The average Bonchev–Trinajstić information content (AvgIpc) is 2.71. The van der Waals surface area contributed by atoms with Crippen molar-refractivity contribution in [2.75, 3.05) is 11.9 Å². The van der Waals surface area contributed by atoms with Gasteiger partial charge in [0.15, 0.2) is 0 Å². The van der Waals surface area contributed by atoms with Gasteiger partial charge in [-0.3, -0.25) is 0 Å². The Bertz CT molecular complexity index is 810. The van der Waals surface area contributed by atoms with E-state index in [1.807, 2.05) is 54.6 Å². The molecule has 0 bridgehead atoms. The van der Waals surface area contributed by atoms with Crippen LogP contribution in [0.1, 0.15) is 5.56 Å². The molecular weight excluding hydrogens is 278 g/mol. The van der Waals surface area contributed by atoms with Crippen LogP contribution in [0.5, 0.6) is 0 Å². The number of carbonyl (C=O) groups excluding carboxylic acids is 1. The molecule has 108 valence electrons. The van der Waals surface area contributed by atoms with Crippen LogP contribution in [0, 0.1) is 0 Å². The molecule has 5 nitrogen and oxygen atoms in total. The second-order valence-electron chi connectivity index (χ2n) is 5.00. The average molecular weight is 291 g/mol. The van der Waals surface area contributed by atoms with Gasteiger partial charge >= 0.3 is 5.97 Å². The lowest BCUT2D eigenvalue weighted by molar-refractivity contribution is -0.135. The highest BCUT2D eigenvalue weighted by Gasteiger charge is 2.27. The SMILES string of the molecule is O=C1CNC2=C(c3ccccc3)Nc3ccccc3N=C2O1. The number of aliphatic imine (C=N–C) groups is 1. The van der Waals surface area contributed by atoms with E-state index in [9.17, 15) is 4.79 Å². The highest BCUT2D eigenvalue weighted by molar-refractivity contribution is 6.11. The van der Waals surface area contributed by atoms with Gasteiger partial charge in [-0.2, -0.15) is 0 Å². The summed E-state index contributed by atoms with van der Waals surface area (Å²) in [4.78, 5) is 16.1. The molecule has 0 radical (unpaired) electrons. The number of hydrogen-bond acceptors (Lipinski definition) is 5. The molecule has 2 aliphatic heterocycles. The van der Waals surface area contributed by atoms with Gasteiger partial charge in [0.05, 0.1) is 17.1 Å². The lowest BCUT2D eigenvalue weighted by atomic mass is 10.1. The second-order valence-corrected chi connectivity index (χ2v) is 5.00. The fraction of sp³-hybridized carbons (Fsp3) is 0.0588. The number of hydrogen-bond donors (Lipinski definition) is 2. The van der Waals surface area contributed by atoms with Crippen LogP contribution in [0.15, 0.2) is 65.3 Å². The molecule has 0 aliphatic carbocycles. The van der Waals surface area contributed by atoms with Crippen molar-refractivity contribution in [3.8, 4) is 0 Å². The Kier molecular flexibility index (Phi) is 2.89. The number of para-hydroxylation sites is 2. The summed E-state index contributed by atoms with van der Waals surface area (Å²) in [6.45, 7) is 0.128. The third kappa shape index (κ3) is 2.13. The molecule has 0 saturated carbocycles. The minimum atomic E-state index is -0.339. The highest BCUT2D eigenvalue weighted by Crippen LogP contribution is 2.33. The predicted molar refractivity (Wildman–Crippen MR) is 84.6 cm³/mol. The van der Waals surface area contributed by atoms with Crippen LogP contribution in [-0.4, -0.2) is 18.4 Å². The quantitative estimate of drug-likeness (QED) is 0.793. The molecule has 2 heterocycles. The monoisotopic (exact) mass is 291 g/mol. The van der Waals surface area contributed by atoms with E-state index in [1.54, 1.807) is 0 Å². The van der Waals surface area contributed by atoms with Gasteiger partial charge in [-0.1, -0.05) is 42.5 Å². The standard InChI is InChI=1S/C17H13N3O2/c21-14-10-18-16-15(11-6-2-1-3-7-11)19-12-8-4-5-9-13(12)20-17(16)22-14/h1-9,18-19H,10H2. The van der Waals surface area contributed by atoms with Crippen molar-refractivity contribution in [2.24, 2.45) is 4.99 Å². The van der Waals surface area contributed by atoms with Crippen LogP contribution >= 0.6 is 0 Å². The Balaban J connectivity index is 1.92. The molecule has 2 aliphatic rings. The smallest absolute Gasteiger partial charge is 0.332 e. The molecule has 5 heteroatoms. The van der Waals surface area contributed by atoms with Crippen molar-refractivity contribution in [3.63, 3.8) is 0 Å². The van der Waals surface area contributed by atoms with Crippen molar-refractivity contribution in [2.45, 2.75) is 0 Å².